The van der Waals surface area contributed by atoms with Crippen LogP contribution >= 0.6 is 11.6 Å². The molecule has 2 aromatic rings. The van der Waals surface area contributed by atoms with Crippen molar-refractivity contribution in [3.8, 4) is 5.75 Å². The van der Waals surface area contributed by atoms with Crippen molar-refractivity contribution >= 4 is 29.8 Å². The Morgan fingerprint density at radius 3 is 2.55 bits per heavy atom. The highest BCUT2D eigenvalue weighted by Gasteiger charge is 2.53. The zero-order valence-electron chi connectivity index (χ0n) is 23.3. The standard InChI is InChI=1S/C29H31ClF2N2O10/c1-13(29(39)34-23-24(36)26(38)28-27(25(23)37)40-12-41-28)6-14-2-5-20(18(32)7-14)43-22-9-19(35)21(44-22)10-33-42-11-15-3-4-16(30)8-17(15)31/h2-8,10,19,21-28,35-38H,9,11-12H2,1H3,(H,34,39)/b13-6+,33-10+/t19-,21+,22+,23+,24-,25+,26+,27-,28+/m0/s1. The highest BCUT2D eigenvalue weighted by atomic mass is 35.5. The van der Waals surface area contributed by atoms with Gasteiger partial charge in [0.1, 0.15) is 55.8 Å². The van der Waals surface area contributed by atoms with E-state index in [-0.39, 0.29) is 41.7 Å². The second kappa shape index (κ2) is 13.8. The first-order valence-electron chi connectivity index (χ1n) is 13.7. The molecule has 2 heterocycles. The van der Waals surface area contributed by atoms with Gasteiger partial charge in [-0.25, -0.2) is 8.78 Å². The number of hydrogen-bond acceptors (Lipinski definition) is 11. The third-order valence-corrected chi connectivity index (χ3v) is 7.73. The summed E-state index contributed by atoms with van der Waals surface area (Å²) in [4.78, 5) is 17.9. The van der Waals surface area contributed by atoms with Gasteiger partial charge in [-0.1, -0.05) is 28.9 Å². The maximum Gasteiger partial charge on any atom is 0.247 e. The summed E-state index contributed by atoms with van der Waals surface area (Å²) in [6.45, 7) is 1.13. The predicted molar refractivity (Wildman–Crippen MR) is 149 cm³/mol. The first-order chi connectivity index (χ1) is 21.0. The molecule has 15 heteroatoms. The van der Waals surface area contributed by atoms with Gasteiger partial charge in [-0.05, 0) is 42.8 Å². The smallest absolute Gasteiger partial charge is 0.247 e. The Bertz CT molecular complexity index is 1410. The van der Waals surface area contributed by atoms with Crippen LogP contribution in [0.15, 0.2) is 47.1 Å². The fraction of sp³-hybridized carbons (Fsp3) is 0.448. The van der Waals surface area contributed by atoms with E-state index in [0.29, 0.717) is 5.56 Å². The number of ether oxygens (including phenoxy) is 4. The van der Waals surface area contributed by atoms with Gasteiger partial charge in [-0.2, -0.15) is 0 Å². The van der Waals surface area contributed by atoms with Crippen molar-refractivity contribution in [2.75, 3.05) is 6.79 Å². The molecule has 1 saturated carbocycles. The van der Waals surface area contributed by atoms with Crippen LogP contribution in [0.4, 0.5) is 8.78 Å². The number of aliphatic hydroxyl groups is 4. The largest absolute Gasteiger partial charge is 0.462 e. The van der Waals surface area contributed by atoms with Gasteiger partial charge in [-0.15, -0.1) is 0 Å². The van der Waals surface area contributed by atoms with Gasteiger partial charge in [0.15, 0.2) is 11.6 Å². The summed E-state index contributed by atoms with van der Waals surface area (Å²) < 4.78 is 50.3. The molecule has 1 amide bonds. The van der Waals surface area contributed by atoms with Crippen LogP contribution in [0, 0.1) is 11.6 Å². The lowest BCUT2D eigenvalue weighted by Crippen LogP contribution is -2.67. The van der Waals surface area contributed by atoms with Crippen LogP contribution in [0.1, 0.15) is 24.5 Å². The Morgan fingerprint density at radius 1 is 1.07 bits per heavy atom. The summed E-state index contributed by atoms with van der Waals surface area (Å²) in [5.41, 5.74) is 0.675. The van der Waals surface area contributed by atoms with Crippen molar-refractivity contribution in [1.29, 1.82) is 0 Å². The minimum Gasteiger partial charge on any atom is -0.462 e. The summed E-state index contributed by atoms with van der Waals surface area (Å²) >= 11 is 5.72. The third-order valence-electron chi connectivity index (χ3n) is 7.50. The van der Waals surface area contributed by atoms with Gasteiger partial charge >= 0.3 is 0 Å². The average molecular weight is 641 g/mol. The van der Waals surface area contributed by atoms with E-state index < -0.39 is 72.6 Å². The highest BCUT2D eigenvalue weighted by molar-refractivity contribution is 6.30. The fourth-order valence-corrected chi connectivity index (χ4v) is 5.25. The van der Waals surface area contributed by atoms with E-state index in [4.69, 9.17) is 35.4 Å². The molecule has 0 radical (unpaired) electrons. The molecular formula is C29H31ClF2N2O10. The predicted octanol–water partition coefficient (Wildman–Crippen LogP) is 1.40. The van der Waals surface area contributed by atoms with Gasteiger partial charge in [0.2, 0.25) is 12.2 Å². The molecule has 0 bridgehead atoms. The first-order valence-corrected chi connectivity index (χ1v) is 14.1. The number of rotatable bonds is 9. The lowest BCUT2D eigenvalue weighted by molar-refractivity contribution is -0.155. The molecule has 44 heavy (non-hydrogen) atoms. The zero-order chi connectivity index (χ0) is 31.5. The number of nitrogens with one attached hydrogen (secondary N) is 1. The average Bonchev–Trinajstić information content (AvgIpc) is 3.61. The summed E-state index contributed by atoms with van der Waals surface area (Å²) in [6.07, 6.45) is -6.41. The Hall–Kier alpha value is -3.21. The quantitative estimate of drug-likeness (QED) is 0.153. The van der Waals surface area contributed by atoms with Crippen LogP contribution in [0.2, 0.25) is 5.02 Å². The summed E-state index contributed by atoms with van der Waals surface area (Å²) in [7, 11) is 0. The van der Waals surface area contributed by atoms with Crippen LogP contribution in [-0.2, 0) is 30.4 Å². The molecule has 0 spiro atoms. The molecule has 5 N–H and O–H groups in total. The number of nitrogens with zero attached hydrogens (tertiary/aromatic N) is 1. The van der Waals surface area contributed by atoms with Gasteiger partial charge in [-0.3, -0.25) is 4.79 Å². The number of amides is 1. The van der Waals surface area contributed by atoms with E-state index in [9.17, 15) is 34.0 Å². The molecule has 0 aromatic heterocycles. The minimum absolute atomic E-state index is 0.00913. The number of hydrogen-bond donors (Lipinski definition) is 5. The van der Waals surface area contributed by atoms with Gasteiger partial charge in [0, 0.05) is 22.6 Å². The molecule has 5 rings (SSSR count). The molecule has 2 aliphatic heterocycles. The molecule has 0 unspecified atom stereocenters. The lowest BCUT2D eigenvalue weighted by atomic mass is 9.83. The summed E-state index contributed by atoms with van der Waals surface area (Å²) in [5, 5.41) is 48.0. The Kier molecular flexibility index (Phi) is 10.1. The van der Waals surface area contributed by atoms with E-state index in [1.165, 1.54) is 43.5 Å². The molecule has 2 saturated heterocycles. The molecular weight excluding hydrogens is 610 g/mol. The number of oxime groups is 1. The molecule has 2 aromatic carbocycles. The number of halogens is 3. The van der Waals surface area contributed by atoms with E-state index in [0.717, 1.165) is 12.1 Å². The van der Waals surface area contributed by atoms with Crippen LogP contribution in [-0.4, -0.2) is 94.4 Å². The van der Waals surface area contributed by atoms with Crippen molar-refractivity contribution in [3.05, 3.63) is 69.8 Å². The van der Waals surface area contributed by atoms with Crippen molar-refractivity contribution in [1.82, 2.24) is 5.32 Å². The van der Waals surface area contributed by atoms with Crippen molar-refractivity contribution in [2.45, 2.75) is 75.0 Å². The van der Waals surface area contributed by atoms with Crippen LogP contribution < -0.4 is 10.1 Å². The first kappa shape index (κ1) is 32.2. The molecule has 3 aliphatic rings. The number of fused-ring (bicyclic) bond motifs is 1. The number of aliphatic hydroxyl groups excluding tert-OH is 4. The van der Waals surface area contributed by atoms with Gasteiger partial charge in [0.25, 0.3) is 0 Å². The van der Waals surface area contributed by atoms with E-state index >= 15 is 0 Å². The lowest BCUT2D eigenvalue weighted by Gasteiger charge is -2.41. The van der Waals surface area contributed by atoms with Crippen molar-refractivity contribution in [2.24, 2.45) is 5.16 Å². The van der Waals surface area contributed by atoms with Crippen LogP contribution in [0.5, 0.6) is 5.75 Å². The van der Waals surface area contributed by atoms with E-state index in [2.05, 4.69) is 10.5 Å². The second-order valence-electron chi connectivity index (χ2n) is 10.6. The van der Waals surface area contributed by atoms with Crippen molar-refractivity contribution < 1.29 is 57.8 Å². The Morgan fingerprint density at radius 2 is 1.82 bits per heavy atom. The SMILES string of the molecule is C/C(=C\c1ccc(O[C@H]2C[C@H](O)[C@@H](/C=N/OCc3ccc(Cl)cc3F)O2)c(F)c1)C(=O)N[C@@H]1[C@H](O)[C@@H](O)[C@H]2OCO[C@H]2[C@@H]1O. The number of carbonyl (C=O) groups is 1. The maximum atomic E-state index is 14.9. The van der Waals surface area contributed by atoms with Crippen molar-refractivity contribution in [3.63, 3.8) is 0 Å². The normalized spacial score (nSPS) is 32.1. The molecule has 238 valence electrons. The summed E-state index contributed by atoms with van der Waals surface area (Å²) in [5.74, 6) is -2.14. The van der Waals surface area contributed by atoms with Gasteiger partial charge in [0.05, 0.1) is 18.4 Å². The van der Waals surface area contributed by atoms with Gasteiger partial charge < -0.3 is 49.5 Å². The summed E-state index contributed by atoms with van der Waals surface area (Å²) in [6, 6.07) is 6.83. The monoisotopic (exact) mass is 640 g/mol. The number of benzene rings is 2. The van der Waals surface area contributed by atoms with E-state index in [1.807, 2.05) is 0 Å². The fourth-order valence-electron chi connectivity index (χ4n) is 5.09. The Balaban J connectivity index is 1.13. The maximum absolute atomic E-state index is 14.9. The third kappa shape index (κ3) is 7.19. The topological polar surface area (TPSA) is 169 Å². The second-order valence-corrected chi connectivity index (χ2v) is 11.0. The Labute approximate surface area is 255 Å². The van der Waals surface area contributed by atoms with Crippen LogP contribution in [0.25, 0.3) is 6.08 Å². The molecule has 12 nitrogen and oxygen atoms in total. The van der Waals surface area contributed by atoms with E-state index in [1.54, 1.807) is 0 Å². The molecule has 9 atom stereocenters. The molecule has 3 fully saturated rings. The molecule has 1 aliphatic carbocycles. The minimum atomic E-state index is -1.51. The zero-order valence-corrected chi connectivity index (χ0v) is 24.0. The van der Waals surface area contributed by atoms with Crippen LogP contribution in [0.3, 0.4) is 0 Å². The highest BCUT2D eigenvalue weighted by Crippen LogP contribution is 2.31. The number of carbonyl (C=O) groups excluding carboxylic acids is 1.